The first-order valence-corrected chi connectivity index (χ1v) is 7.34. The molecule has 1 aromatic carbocycles. The molecule has 2 N–H and O–H groups in total. The summed E-state index contributed by atoms with van der Waals surface area (Å²) in [4.78, 5) is 11.1. The van der Waals surface area contributed by atoms with Gasteiger partial charge < -0.3 is 14.9 Å². The third kappa shape index (κ3) is 3.45. The van der Waals surface area contributed by atoms with E-state index >= 15 is 0 Å². The zero-order chi connectivity index (χ0) is 18.2. The first-order chi connectivity index (χ1) is 11.8. The van der Waals surface area contributed by atoms with Crippen molar-refractivity contribution in [3.05, 3.63) is 76.3 Å². The van der Waals surface area contributed by atoms with Gasteiger partial charge in [0.05, 0.1) is 5.57 Å². The van der Waals surface area contributed by atoms with Crippen LogP contribution in [0.15, 0.2) is 70.7 Å². The van der Waals surface area contributed by atoms with Crippen molar-refractivity contribution in [2.45, 2.75) is 18.7 Å². The monoisotopic (exact) mass is 350 g/mol. The van der Waals surface area contributed by atoms with Gasteiger partial charge in [0.25, 0.3) is 0 Å². The van der Waals surface area contributed by atoms with E-state index < -0.39 is 23.8 Å². The van der Waals surface area contributed by atoms with Gasteiger partial charge in [-0.1, -0.05) is 30.3 Å². The molecule has 7 heteroatoms. The molecule has 0 spiro atoms. The average Bonchev–Trinajstić information content (AvgIpc) is 2.54. The predicted molar refractivity (Wildman–Crippen MR) is 83.4 cm³/mol. The third-order valence-electron chi connectivity index (χ3n) is 3.83. The van der Waals surface area contributed by atoms with Crippen LogP contribution in [0, 0.1) is 0 Å². The van der Waals surface area contributed by atoms with Crippen molar-refractivity contribution < 1.29 is 32.9 Å². The van der Waals surface area contributed by atoms with E-state index in [1.807, 2.05) is 6.07 Å². The standard InChI is InChI=1S/C18H13F3O4/c19-18(20,21)16-13(17(23)24)7-12-8-14(22)11(9-15(12)25-16)6-10-4-2-1-3-5-10/h1-8,16,22H,9H2,(H,23,24). The largest absolute Gasteiger partial charge is 0.508 e. The lowest BCUT2D eigenvalue weighted by Gasteiger charge is -2.30. The van der Waals surface area contributed by atoms with Crippen LogP contribution in [0.3, 0.4) is 0 Å². The minimum Gasteiger partial charge on any atom is -0.508 e. The minimum atomic E-state index is -4.85. The molecule has 1 unspecified atom stereocenters. The number of ether oxygens (including phenoxy) is 1. The Morgan fingerprint density at radius 3 is 2.48 bits per heavy atom. The van der Waals surface area contributed by atoms with Crippen LogP contribution in [0.2, 0.25) is 0 Å². The fraction of sp³-hybridized carbons (Fsp3) is 0.167. The second-order valence-corrected chi connectivity index (χ2v) is 5.61. The molecule has 130 valence electrons. The number of carboxylic acid groups (broad SMARTS) is 1. The van der Waals surface area contributed by atoms with Gasteiger partial charge in [-0.05, 0) is 23.8 Å². The Bertz CT molecular complexity index is 830. The van der Waals surface area contributed by atoms with E-state index in [0.29, 0.717) is 5.57 Å². The minimum absolute atomic E-state index is 0.0210. The summed E-state index contributed by atoms with van der Waals surface area (Å²) in [7, 11) is 0. The van der Waals surface area contributed by atoms with Crippen molar-refractivity contribution in [3.8, 4) is 0 Å². The molecule has 0 saturated heterocycles. The smallest absolute Gasteiger partial charge is 0.429 e. The number of aliphatic hydroxyl groups excluding tert-OH is 1. The molecule has 0 radical (unpaired) electrons. The van der Waals surface area contributed by atoms with Crippen LogP contribution in [0.4, 0.5) is 13.2 Å². The highest BCUT2D eigenvalue weighted by atomic mass is 19.4. The number of benzene rings is 1. The second kappa shape index (κ2) is 6.16. The van der Waals surface area contributed by atoms with Crippen molar-refractivity contribution in [3.63, 3.8) is 0 Å². The van der Waals surface area contributed by atoms with Crippen LogP contribution in [0.25, 0.3) is 6.08 Å². The topological polar surface area (TPSA) is 66.8 Å². The Kier molecular flexibility index (Phi) is 4.16. The fourth-order valence-electron chi connectivity index (χ4n) is 2.66. The quantitative estimate of drug-likeness (QED) is 0.841. The van der Waals surface area contributed by atoms with Crippen molar-refractivity contribution in [1.29, 1.82) is 0 Å². The number of aliphatic hydroxyl groups is 1. The van der Waals surface area contributed by atoms with Crippen LogP contribution >= 0.6 is 0 Å². The maximum atomic E-state index is 13.1. The molecule has 1 atom stereocenters. The molecule has 3 rings (SSSR count). The van der Waals surface area contributed by atoms with Gasteiger partial charge in [-0.25, -0.2) is 4.79 Å². The first-order valence-electron chi connectivity index (χ1n) is 7.34. The highest BCUT2D eigenvalue weighted by Crippen LogP contribution is 2.40. The molecule has 1 aliphatic carbocycles. The highest BCUT2D eigenvalue weighted by Gasteiger charge is 2.49. The number of carboxylic acids is 1. The number of alkyl halides is 3. The lowest BCUT2D eigenvalue weighted by atomic mass is 9.92. The number of carbonyl (C=O) groups is 1. The fourth-order valence-corrected chi connectivity index (χ4v) is 2.66. The molecule has 2 aliphatic rings. The summed E-state index contributed by atoms with van der Waals surface area (Å²) in [6.07, 6.45) is -3.70. The Morgan fingerprint density at radius 2 is 1.88 bits per heavy atom. The Balaban J connectivity index is 1.98. The molecule has 0 aromatic heterocycles. The van der Waals surface area contributed by atoms with E-state index in [9.17, 15) is 23.1 Å². The molecule has 0 saturated carbocycles. The summed E-state index contributed by atoms with van der Waals surface area (Å²) in [6.45, 7) is 0. The molecule has 1 aromatic rings. The first kappa shape index (κ1) is 16.9. The second-order valence-electron chi connectivity index (χ2n) is 5.61. The van der Waals surface area contributed by atoms with Gasteiger partial charge in [0, 0.05) is 17.6 Å². The van der Waals surface area contributed by atoms with Gasteiger partial charge in [0.2, 0.25) is 6.10 Å². The van der Waals surface area contributed by atoms with Crippen molar-refractivity contribution in [1.82, 2.24) is 0 Å². The molecular formula is C18H13F3O4. The molecule has 0 amide bonds. The van der Waals surface area contributed by atoms with Crippen molar-refractivity contribution in [2.75, 3.05) is 0 Å². The molecule has 0 bridgehead atoms. The van der Waals surface area contributed by atoms with Gasteiger partial charge in [-0.3, -0.25) is 0 Å². The Hall–Kier alpha value is -2.96. The number of allylic oxidation sites excluding steroid dienone is 5. The van der Waals surface area contributed by atoms with Crippen molar-refractivity contribution in [2.24, 2.45) is 0 Å². The van der Waals surface area contributed by atoms with E-state index in [2.05, 4.69) is 0 Å². The van der Waals surface area contributed by atoms with Crippen molar-refractivity contribution >= 4 is 12.0 Å². The molecule has 1 heterocycles. The van der Waals surface area contributed by atoms with Gasteiger partial charge in [-0.15, -0.1) is 0 Å². The lowest BCUT2D eigenvalue weighted by Crippen LogP contribution is -2.38. The Morgan fingerprint density at radius 1 is 1.20 bits per heavy atom. The van der Waals surface area contributed by atoms with E-state index in [4.69, 9.17) is 9.84 Å². The van der Waals surface area contributed by atoms with E-state index in [1.165, 1.54) is 6.08 Å². The maximum absolute atomic E-state index is 13.1. The Labute approximate surface area is 140 Å². The van der Waals surface area contributed by atoms with Crippen LogP contribution in [-0.4, -0.2) is 28.5 Å². The number of rotatable bonds is 2. The van der Waals surface area contributed by atoms with E-state index in [0.717, 1.165) is 11.6 Å². The summed E-state index contributed by atoms with van der Waals surface area (Å²) >= 11 is 0. The van der Waals surface area contributed by atoms with E-state index in [-0.39, 0.29) is 23.5 Å². The van der Waals surface area contributed by atoms with Gasteiger partial charge >= 0.3 is 12.1 Å². The van der Waals surface area contributed by atoms with Gasteiger partial charge in [0.15, 0.2) is 0 Å². The number of hydrogen-bond acceptors (Lipinski definition) is 3. The summed E-state index contributed by atoms with van der Waals surface area (Å²) in [5.41, 5.74) is 0.371. The molecule has 25 heavy (non-hydrogen) atoms. The maximum Gasteiger partial charge on any atom is 0.429 e. The highest BCUT2D eigenvalue weighted by molar-refractivity contribution is 5.89. The van der Waals surface area contributed by atoms with E-state index in [1.54, 1.807) is 30.3 Å². The summed E-state index contributed by atoms with van der Waals surface area (Å²) < 4.78 is 44.3. The molecule has 4 nitrogen and oxygen atoms in total. The average molecular weight is 350 g/mol. The van der Waals surface area contributed by atoms with Crippen LogP contribution in [-0.2, 0) is 9.53 Å². The van der Waals surface area contributed by atoms with Crippen LogP contribution in [0.1, 0.15) is 12.0 Å². The molecular weight excluding hydrogens is 337 g/mol. The molecule has 1 aliphatic heterocycles. The third-order valence-corrected chi connectivity index (χ3v) is 3.83. The lowest BCUT2D eigenvalue weighted by molar-refractivity contribution is -0.201. The number of aliphatic carboxylic acids is 1. The number of hydrogen-bond donors (Lipinski definition) is 2. The summed E-state index contributed by atoms with van der Waals surface area (Å²) in [5.74, 6) is -1.88. The van der Waals surface area contributed by atoms with Gasteiger partial charge in [-0.2, -0.15) is 13.2 Å². The molecule has 0 fully saturated rings. The predicted octanol–water partition coefficient (Wildman–Crippen LogP) is 4.14. The summed E-state index contributed by atoms with van der Waals surface area (Å²) in [6, 6.07) is 8.97. The van der Waals surface area contributed by atoms with Crippen LogP contribution < -0.4 is 0 Å². The zero-order valence-corrected chi connectivity index (χ0v) is 12.7. The summed E-state index contributed by atoms with van der Waals surface area (Å²) in [5, 5.41) is 19.1. The van der Waals surface area contributed by atoms with Gasteiger partial charge in [0.1, 0.15) is 11.5 Å². The van der Waals surface area contributed by atoms with Crippen LogP contribution in [0.5, 0.6) is 0 Å². The zero-order valence-electron chi connectivity index (χ0n) is 12.7. The SMILES string of the molecule is O=C(O)C1=CC2=C(CC(=Cc3ccccc3)C(O)=C2)OC1C(F)(F)F. The number of halogens is 3. The normalized spacial score (nSPS) is 22.0.